The third-order valence-electron chi connectivity index (χ3n) is 4.84. The van der Waals surface area contributed by atoms with E-state index < -0.39 is 0 Å². The smallest absolute Gasteiger partial charge is 0.0195 e. The minimum Gasteiger partial charge on any atom is -0.328 e. The minimum absolute atomic E-state index is 0.483. The van der Waals surface area contributed by atoms with Crippen molar-refractivity contribution in [2.75, 3.05) is 26.7 Å². The van der Waals surface area contributed by atoms with Crippen molar-refractivity contribution in [1.29, 1.82) is 0 Å². The molecule has 17 heavy (non-hydrogen) atoms. The number of hydrogen-bond donors (Lipinski definition) is 1. The van der Waals surface area contributed by atoms with Gasteiger partial charge in [0.15, 0.2) is 0 Å². The second-order valence-electron chi connectivity index (χ2n) is 6.36. The standard InChI is InChI=1S/C14H29N3/c1-11-8-17(9-12(2)16(11)3)10-13-4-6-14(15)7-5-13/h11-14H,4-10,15H2,1-3H3. The third-order valence-corrected chi connectivity index (χ3v) is 4.84. The molecule has 0 aromatic rings. The summed E-state index contributed by atoms with van der Waals surface area (Å²) >= 11 is 0. The summed E-state index contributed by atoms with van der Waals surface area (Å²) < 4.78 is 0. The molecule has 0 spiro atoms. The van der Waals surface area contributed by atoms with Crippen LogP contribution >= 0.6 is 0 Å². The fraction of sp³-hybridized carbons (Fsp3) is 1.00. The second kappa shape index (κ2) is 5.68. The van der Waals surface area contributed by atoms with Crippen LogP contribution in [0.3, 0.4) is 0 Å². The molecular formula is C14H29N3. The van der Waals surface area contributed by atoms with Gasteiger partial charge in [0.2, 0.25) is 0 Å². The van der Waals surface area contributed by atoms with Gasteiger partial charge in [-0.05, 0) is 52.5 Å². The third kappa shape index (κ3) is 3.43. The Morgan fingerprint density at radius 3 is 2.06 bits per heavy atom. The Balaban J connectivity index is 1.79. The topological polar surface area (TPSA) is 32.5 Å². The van der Waals surface area contributed by atoms with E-state index in [9.17, 15) is 0 Å². The summed E-state index contributed by atoms with van der Waals surface area (Å²) in [5.41, 5.74) is 5.97. The van der Waals surface area contributed by atoms with Crippen molar-refractivity contribution in [1.82, 2.24) is 9.80 Å². The SMILES string of the molecule is CC1CN(CC2CCC(N)CC2)CC(C)N1C. The van der Waals surface area contributed by atoms with E-state index in [-0.39, 0.29) is 0 Å². The van der Waals surface area contributed by atoms with Gasteiger partial charge < -0.3 is 5.73 Å². The number of piperazine rings is 1. The highest BCUT2D eigenvalue weighted by atomic mass is 15.3. The molecule has 2 fully saturated rings. The van der Waals surface area contributed by atoms with Crippen LogP contribution in [0.1, 0.15) is 39.5 Å². The van der Waals surface area contributed by atoms with Gasteiger partial charge in [-0.3, -0.25) is 9.80 Å². The largest absolute Gasteiger partial charge is 0.328 e. The van der Waals surface area contributed by atoms with Crippen molar-refractivity contribution < 1.29 is 0 Å². The zero-order valence-electron chi connectivity index (χ0n) is 11.7. The van der Waals surface area contributed by atoms with Crippen LogP contribution in [-0.4, -0.2) is 54.6 Å². The highest BCUT2D eigenvalue weighted by Gasteiger charge is 2.28. The van der Waals surface area contributed by atoms with Crippen molar-refractivity contribution in [3.8, 4) is 0 Å². The number of likely N-dealkylation sites (N-methyl/N-ethyl adjacent to an activating group) is 1. The van der Waals surface area contributed by atoms with E-state index in [0.717, 1.165) is 5.92 Å². The van der Waals surface area contributed by atoms with Crippen LogP contribution in [0.5, 0.6) is 0 Å². The predicted molar refractivity (Wildman–Crippen MR) is 73.1 cm³/mol. The first-order chi connectivity index (χ1) is 8.06. The first-order valence-corrected chi connectivity index (χ1v) is 7.26. The van der Waals surface area contributed by atoms with Crippen molar-refractivity contribution in [2.45, 2.75) is 57.7 Å². The van der Waals surface area contributed by atoms with Crippen LogP contribution in [0.25, 0.3) is 0 Å². The van der Waals surface area contributed by atoms with Gasteiger partial charge >= 0.3 is 0 Å². The fourth-order valence-corrected chi connectivity index (χ4v) is 3.40. The summed E-state index contributed by atoms with van der Waals surface area (Å²) in [6.07, 6.45) is 5.17. The summed E-state index contributed by atoms with van der Waals surface area (Å²) in [7, 11) is 2.26. The zero-order chi connectivity index (χ0) is 12.4. The Hall–Kier alpha value is -0.120. The Morgan fingerprint density at radius 1 is 1.00 bits per heavy atom. The van der Waals surface area contributed by atoms with E-state index in [0.29, 0.717) is 18.1 Å². The Morgan fingerprint density at radius 2 is 1.53 bits per heavy atom. The van der Waals surface area contributed by atoms with E-state index in [4.69, 9.17) is 5.73 Å². The lowest BCUT2D eigenvalue weighted by molar-refractivity contribution is 0.0461. The monoisotopic (exact) mass is 239 g/mol. The number of hydrogen-bond acceptors (Lipinski definition) is 3. The maximum absolute atomic E-state index is 5.97. The van der Waals surface area contributed by atoms with Gasteiger partial charge in [0, 0.05) is 37.8 Å². The Labute approximate surface area is 106 Å². The minimum atomic E-state index is 0.483. The van der Waals surface area contributed by atoms with Gasteiger partial charge in [-0.15, -0.1) is 0 Å². The van der Waals surface area contributed by atoms with Crippen LogP contribution in [0.4, 0.5) is 0 Å². The lowest BCUT2D eigenvalue weighted by Gasteiger charge is -2.44. The van der Waals surface area contributed by atoms with Crippen molar-refractivity contribution >= 4 is 0 Å². The first-order valence-electron chi connectivity index (χ1n) is 7.26. The van der Waals surface area contributed by atoms with Gasteiger partial charge in [0.05, 0.1) is 0 Å². The van der Waals surface area contributed by atoms with Crippen LogP contribution in [0.2, 0.25) is 0 Å². The average Bonchev–Trinajstić information content (AvgIpc) is 2.29. The lowest BCUT2D eigenvalue weighted by atomic mass is 9.86. The van der Waals surface area contributed by atoms with Crippen molar-refractivity contribution in [2.24, 2.45) is 11.7 Å². The second-order valence-corrected chi connectivity index (χ2v) is 6.36. The molecule has 2 unspecified atom stereocenters. The molecule has 1 saturated heterocycles. The molecule has 1 saturated carbocycles. The number of nitrogens with two attached hydrogens (primary N) is 1. The van der Waals surface area contributed by atoms with E-state index in [1.165, 1.54) is 45.3 Å². The van der Waals surface area contributed by atoms with E-state index in [1.54, 1.807) is 0 Å². The number of rotatable bonds is 2. The lowest BCUT2D eigenvalue weighted by Crippen LogP contribution is -2.55. The summed E-state index contributed by atoms with van der Waals surface area (Å²) in [5.74, 6) is 0.901. The molecule has 0 amide bonds. The molecule has 3 nitrogen and oxygen atoms in total. The average molecular weight is 239 g/mol. The van der Waals surface area contributed by atoms with E-state index in [1.807, 2.05) is 0 Å². The fourth-order valence-electron chi connectivity index (χ4n) is 3.40. The molecule has 2 atom stereocenters. The molecule has 0 radical (unpaired) electrons. The first kappa shape index (κ1) is 13.3. The number of nitrogens with zero attached hydrogens (tertiary/aromatic N) is 2. The van der Waals surface area contributed by atoms with Crippen LogP contribution < -0.4 is 5.73 Å². The molecule has 0 aromatic heterocycles. The maximum atomic E-state index is 5.97. The van der Waals surface area contributed by atoms with Crippen LogP contribution in [-0.2, 0) is 0 Å². The molecule has 1 heterocycles. The van der Waals surface area contributed by atoms with Gasteiger partial charge in [-0.25, -0.2) is 0 Å². The molecule has 0 bridgehead atoms. The maximum Gasteiger partial charge on any atom is 0.0195 e. The van der Waals surface area contributed by atoms with Crippen LogP contribution in [0.15, 0.2) is 0 Å². The summed E-state index contributed by atoms with van der Waals surface area (Å²) in [6, 6.07) is 1.88. The highest BCUT2D eigenvalue weighted by Crippen LogP contribution is 2.25. The van der Waals surface area contributed by atoms with E-state index >= 15 is 0 Å². The van der Waals surface area contributed by atoms with Crippen LogP contribution in [0, 0.1) is 5.92 Å². The van der Waals surface area contributed by atoms with Gasteiger partial charge in [-0.2, -0.15) is 0 Å². The van der Waals surface area contributed by atoms with Crippen molar-refractivity contribution in [3.05, 3.63) is 0 Å². The molecule has 2 N–H and O–H groups in total. The highest BCUT2D eigenvalue weighted by molar-refractivity contribution is 4.85. The molecule has 1 aliphatic carbocycles. The van der Waals surface area contributed by atoms with Crippen molar-refractivity contribution in [3.63, 3.8) is 0 Å². The van der Waals surface area contributed by atoms with Gasteiger partial charge in [-0.1, -0.05) is 0 Å². The molecule has 1 aliphatic heterocycles. The molecular weight excluding hydrogens is 210 g/mol. The zero-order valence-corrected chi connectivity index (χ0v) is 11.7. The normalized spacial score (nSPS) is 41.6. The molecule has 2 rings (SSSR count). The molecule has 100 valence electrons. The van der Waals surface area contributed by atoms with Gasteiger partial charge in [0.1, 0.15) is 0 Å². The Kier molecular flexibility index (Phi) is 4.45. The predicted octanol–water partition coefficient (Wildman–Crippen LogP) is 1.53. The molecule has 2 aliphatic rings. The summed E-state index contributed by atoms with van der Waals surface area (Å²) in [4.78, 5) is 5.18. The van der Waals surface area contributed by atoms with Gasteiger partial charge in [0.25, 0.3) is 0 Å². The summed E-state index contributed by atoms with van der Waals surface area (Å²) in [6.45, 7) is 8.47. The van der Waals surface area contributed by atoms with E-state index in [2.05, 4.69) is 30.7 Å². The molecule has 0 aromatic carbocycles. The quantitative estimate of drug-likeness (QED) is 0.793. The Bertz CT molecular complexity index is 224. The summed E-state index contributed by atoms with van der Waals surface area (Å²) in [5, 5.41) is 0. The molecule has 3 heteroatoms.